The Balaban J connectivity index is 3.32. The summed E-state index contributed by atoms with van der Waals surface area (Å²) in [6, 6.07) is 0. The van der Waals surface area contributed by atoms with E-state index >= 15 is 0 Å². The third-order valence-electron chi connectivity index (χ3n) is 2.02. The SMILES string of the molecule is CC(C)CCOCCNC(=O)CNCC(F)(F)F. The predicted octanol–water partition coefficient (Wildman–Crippen LogP) is 1.32. The van der Waals surface area contributed by atoms with Gasteiger partial charge in [-0.3, -0.25) is 4.79 Å². The van der Waals surface area contributed by atoms with Crippen LogP contribution in [0.15, 0.2) is 0 Å². The van der Waals surface area contributed by atoms with E-state index in [1.54, 1.807) is 0 Å². The standard InChI is InChI=1S/C11H21F3N2O2/c1-9(2)3-5-18-6-4-16-10(17)7-15-8-11(12,13)14/h9,15H,3-8H2,1-2H3,(H,16,17). The molecule has 108 valence electrons. The quantitative estimate of drug-likeness (QED) is 0.621. The highest BCUT2D eigenvalue weighted by atomic mass is 19.4. The largest absolute Gasteiger partial charge is 0.401 e. The number of ether oxygens (including phenoxy) is 1. The van der Waals surface area contributed by atoms with E-state index in [0.717, 1.165) is 6.42 Å². The first kappa shape index (κ1) is 17.2. The van der Waals surface area contributed by atoms with Crippen molar-refractivity contribution in [3.63, 3.8) is 0 Å². The van der Waals surface area contributed by atoms with Crippen LogP contribution in [0.5, 0.6) is 0 Å². The molecule has 0 bridgehead atoms. The van der Waals surface area contributed by atoms with E-state index < -0.39 is 18.6 Å². The van der Waals surface area contributed by atoms with Gasteiger partial charge in [-0.2, -0.15) is 13.2 Å². The maximum atomic E-state index is 11.7. The summed E-state index contributed by atoms with van der Waals surface area (Å²) in [5.74, 6) is 0.0952. The van der Waals surface area contributed by atoms with Crippen molar-refractivity contribution >= 4 is 5.91 Å². The summed E-state index contributed by atoms with van der Waals surface area (Å²) in [6.07, 6.45) is -3.35. The highest BCUT2D eigenvalue weighted by Crippen LogP contribution is 2.11. The Morgan fingerprint density at radius 1 is 1.28 bits per heavy atom. The second kappa shape index (κ2) is 9.16. The van der Waals surface area contributed by atoms with Gasteiger partial charge in [0.25, 0.3) is 0 Å². The summed E-state index contributed by atoms with van der Waals surface area (Å²) in [5, 5.41) is 4.48. The average Bonchev–Trinajstić information content (AvgIpc) is 2.20. The first-order valence-electron chi connectivity index (χ1n) is 5.93. The summed E-state index contributed by atoms with van der Waals surface area (Å²) < 4.78 is 40.5. The van der Waals surface area contributed by atoms with E-state index in [2.05, 4.69) is 19.2 Å². The number of carbonyl (C=O) groups excluding carboxylic acids is 1. The number of carbonyl (C=O) groups is 1. The Morgan fingerprint density at radius 3 is 2.50 bits per heavy atom. The van der Waals surface area contributed by atoms with Crippen LogP contribution in [-0.2, 0) is 9.53 Å². The van der Waals surface area contributed by atoms with Crippen LogP contribution in [0.2, 0.25) is 0 Å². The molecule has 0 spiro atoms. The topological polar surface area (TPSA) is 50.4 Å². The van der Waals surface area contributed by atoms with Crippen LogP contribution in [0.4, 0.5) is 13.2 Å². The number of nitrogens with one attached hydrogen (secondary N) is 2. The van der Waals surface area contributed by atoms with E-state index in [0.29, 0.717) is 25.7 Å². The van der Waals surface area contributed by atoms with E-state index in [-0.39, 0.29) is 6.54 Å². The van der Waals surface area contributed by atoms with Crippen LogP contribution >= 0.6 is 0 Å². The van der Waals surface area contributed by atoms with Gasteiger partial charge in [0.2, 0.25) is 5.91 Å². The third kappa shape index (κ3) is 13.2. The molecular weight excluding hydrogens is 249 g/mol. The maximum Gasteiger partial charge on any atom is 0.401 e. The minimum Gasteiger partial charge on any atom is -0.380 e. The summed E-state index contributed by atoms with van der Waals surface area (Å²) in [7, 11) is 0. The summed E-state index contributed by atoms with van der Waals surface area (Å²) in [4.78, 5) is 11.1. The molecule has 18 heavy (non-hydrogen) atoms. The molecule has 4 nitrogen and oxygen atoms in total. The van der Waals surface area contributed by atoms with Crippen LogP contribution < -0.4 is 10.6 Å². The molecule has 0 saturated carbocycles. The summed E-state index contributed by atoms with van der Waals surface area (Å²) >= 11 is 0. The lowest BCUT2D eigenvalue weighted by Gasteiger charge is -2.09. The van der Waals surface area contributed by atoms with Crippen LogP contribution in [0.1, 0.15) is 20.3 Å². The lowest BCUT2D eigenvalue weighted by atomic mass is 10.1. The molecule has 0 unspecified atom stereocenters. The fourth-order valence-electron chi connectivity index (χ4n) is 1.06. The van der Waals surface area contributed by atoms with Crippen molar-refractivity contribution in [2.24, 2.45) is 5.92 Å². The van der Waals surface area contributed by atoms with E-state index in [1.807, 2.05) is 5.32 Å². The van der Waals surface area contributed by atoms with Gasteiger partial charge in [0.05, 0.1) is 19.7 Å². The molecule has 0 aliphatic rings. The average molecular weight is 270 g/mol. The van der Waals surface area contributed by atoms with Gasteiger partial charge in [-0.05, 0) is 12.3 Å². The normalized spacial score (nSPS) is 11.9. The Morgan fingerprint density at radius 2 is 1.94 bits per heavy atom. The molecule has 0 saturated heterocycles. The lowest BCUT2D eigenvalue weighted by molar-refractivity contribution is -0.128. The highest BCUT2D eigenvalue weighted by molar-refractivity contribution is 5.77. The molecule has 0 aromatic carbocycles. The van der Waals surface area contributed by atoms with Gasteiger partial charge >= 0.3 is 6.18 Å². The number of hydrogen-bond acceptors (Lipinski definition) is 3. The monoisotopic (exact) mass is 270 g/mol. The molecule has 0 radical (unpaired) electrons. The molecule has 0 heterocycles. The van der Waals surface area contributed by atoms with Crippen molar-refractivity contribution in [1.82, 2.24) is 10.6 Å². The van der Waals surface area contributed by atoms with Crippen LogP contribution in [0.3, 0.4) is 0 Å². The van der Waals surface area contributed by atoms with Crippen molar-refractivity contribution < 1.29 is 22.7 Å². The van der Waals surface area contributed by atoms with Crippen molar-refractivity contribution in [3.05, 3.63) is 0 Å². The number of alkyl halides is 3. The molecule has 7 heteroatoms. The molecule has 0 aromatic heterocycles. The summed E-state index contributed by atoms with van der Waals surface area (Å²) in [6.45, 7) is 3.97. The first-order chi connectivity index (χ1) is 8.31. The Bertz CT molecular complexity index is 233. The second-order valence-corrected chi connectivity index (χ2v) is 4.36. The van der Waals surface area contributed by atoms with Gasteiger partial charge in [-0.15, -0.1) is 0 Å². The Labute approximate surface area is 105 Å². The van der Waals surface area contributed by atoms with Crippen molar-refractivity contribution in [3.8, 4) is 0 Å². The zero-order chi connectivity index (χ0) is 14.0. The first-order valence-corrected chi connectivity index (χ1v) is 5.93. The maximum absolute atomic E-state index is 11.7. The van der Waals surface area contributed by atoms with E-state index in [9.17, 15) is 18.0 Å². The molecule has 0 aliphatic carbocycles. The van der Waals surface area contributed by atoms with Crippen LogP contribution in [-0.4, -0.2) is 44.9 Å². The zero-order valence-electron chi connectivity index (χ0n) is 10.8. The highest BCUT2D eigenvalue weighted by Gasteiger charge is 2.26. The number of halogens is 3. The van der Waals surface area contributed by atoms with Crippen molar-refractivity contribution in [2.75, 3.05) is 32.8 Å². The molecule has 0 aliphatic heterocycles. The molecule has 0 fully saturated rings. The van der Waals surface area contributed by atoms with Gasteiger partial charge < -0.3 is 15.4 Å². The van der Waals surface area contributed by atoms with Gasteiger partial charge in [-0.1, -0.05) is 13.8 Å². The number of hydrogen-bond donors (Lipinski definition) is 2. The van der Waals surface area contributed by atoms with Crippen LogP contribution in [0.25, 0.3) is 0 Å². The third-order valence-corrected chi connectivity index (χ3v) is 2.02. The zero-order valence-corrected chi connectivity index (χ0v) is 10.8. The minimum absolute atomic E-state index is 0.310. The predicted molar refractivity (Wildman–Crippen MR) is 62.2 cm³/mol. The van der Waals surface area contributed by atoms with Crippen molar-refractivity contribution in [1.29, 1.82) is 0 Å². The van der Waals surface area contributed by atoms with Gasteiger partial charge in [-0.25, -0.2) is 0 Å². The van der Waals surface area contributed by atoms with Gasteiger partial charge in [0.1, 0.15) is 0 Å². The number of amides is 1. The lowest BCUT2D eigenvalue weighted by Crippen LogP contribution is -2.39. The molecular formula is C11H21F3N2O2. The Hall–Kier alpha value is -0.820. The van der Waals surface area contributed by atoms with E-state index in [1.165, 1.54) is 0 Å². The number of rotatable bonds is 9. The van der Waals surface area contributed by atoms with E-state index in [4.69, 9.17) is 4.74 Å². The molecule has 0 aromatic rings. The molecule has 2 N–H and O–H groups in total. The van der Waals surface area contributed by atoms with Crippen LogP contribution in [0, 0.1) is 5.92 Å². The van der Waals surface area contributed by atoms with Gasteiger partial charge in [0.15, 0.2) is 0 Å². The Kier molecular flexibility index (Phi) is 8.74. The molecule has 0 rings (SSSR count). The van der Waals surface area contributed by atoms with Crippen molar-refractivity contribution in [2.45, 2.75) is 26.4 Å². The second-order valence-electron chi connectivity index (χ2n) is 4.36. The summed E-state index contributed by atoms with van der Waals surface area (Å²) in [5.41, 5.74) is 0. The smallest absolute Gasteiger partial charge is 0.380 e. The molecule has 1 amide bonds. The van der Waals surface area contributed by atoms with Gasteiger partial charge in [0, 0.05) is 13.2 Å². The fraction of sp³-hybridized carbons (Fsp3) is 0.909. The minimum atomic E-state index is -4.29. The fourth-order valence-corrected chi connectivity index (χ4v) is 1.06. The molecule has 0 atom stereocenters.